The summed E-state index contributed by atoms with van der Waals surface area (Å²) in [5.41, 5.74) is 2.79. The zero-order chi connectivity index (χ0) is 13.2. The number of nitrogens with zero attached hydrogens (tertiary/aromatic N) is 2. The fourth-order valence-corrected chi connectivity index (χ4v) is 2.86. The summed E-state index contributed by atoms with van der Waals surface area (Å²) in [6, 6.07) is 9.91. The van der Waals surface area contributed by atoms with E-state index < -0.39 is 6.10 Å². The van der Waals surface area contributed by atoms with Gasteiger partial charge in [-0.15, -0.1) is 11.3 Å². The maximum absolute atomic E-state index is 10.3. The molecule has 96 valence electrons. The van der Waals surface area contributed by atoms with E-state index in [1.807, 2.05) is 42.6 Å². The number of para-hydroxylation sites is 1. The molecule has 4 heteroatoms. The first-order valence-corrected chi connectivity index (χ1v) is 7.04. The molecule has 0 fully saturated rings. The van der Waals surface area contributed by atoms with E-state index in [2.05, 4.69) is 9.97 Å². The number of aliphatic hydroxyl groups excluding tert-OH is 1. The SMILES string of the molecule is Cc1csc(CC(O)c2cnc3ccccc3c2)n1. The number of aryl methyl sites for hydroxylation is 1. The van der Waals surface area contributed by atoms with Crippen molar-refractivity contribution in [3.8, 4) is 0 Å². The van der Waals surface area contributed by atoms with E-state index in [0.717, 1.165) is 27.2 Å². The number of rotatable bonds is 3. The van der Waals surface area contributed by atoms with Crippen molar-refractivity contribution in [2.45, 2.75) is 19.4 Å². The van der Waals surface area contributed by atoms with Gasteiger partial charge in [-0.1, -0.05) is 18.2 Å². The van der Waals surface area contributed by atoms with Crippen LogP contribution in [0.15, 0.2) is 41.9 Å². The predicted octanol–water partition coefficient (Wildman–Crippen LogP) is 3.28. The second-order valence-electron chi connectivity index (χ2n) is 4.56. The van der Waals surface area contributed by atoms with Gasteiger partial charge in [-0.05, 0) is 24.6 Å². The Kier molecular flexibility index (Phi) is 3.27. The average Bonchev–Trinajstić information content (AvgIpc) is 2.83. The molecular weight excluding hydrogens is 256 g/mol. The third kappa shape index (κ3) is 2.64. The topological polar surface area (TPSA) is 46.0 Å². The van der Waals surface area contributed by atoms with Gasteiger partial charge in [0.25, 0.3) is 0 Å². The molecule has 1 unspecified atom stereocenters. The molecule has 0 amide bonds. The highest BCUT2D eigenvalue weighted by Gasteiger charge is 2.12. The number of hydrogen-bond donors (Lipinski definition) is 1. The van der Waals surface area contributed by atoms with E-state index in [9.17, 15) is 5.11 Å². The van der Waals surface area contributed by atoms with Gasteiger partial charge in [-0.25, -0.2) is 4.98 Å². The highest BCUT2D eigenvalue weighted by Crippen LogP contribution is 2.22. The molecule has 1 aromatic carbocycles. The quantitative estimate of drug-likeness (QED) is 0.794. The third-order valence-corrected chi connectivity index (χ3v) is 4.02. The molecule has 0 saturated carbocycles. The second kappa shape index (κ2) is 5.07. The summed E-state index contributed by atoms with van der Waals surface area (Å²) in [6.45, 7) is 1.96. The minimum Gasteiger partial charge on any atom is -0.388 e. The van der Waals surface area contributed by atoms with Crippen LogP contribution >= 0.6 is 11.3 Å². The van der Waals surface area contributed by atoms with Crippen molar-refractivity contribution in [1.29, 1.82) is 0 Å². The molecule has 3 nitrogen and oxygen atoms in total. The van der Waals surface area contributed by atoms with Crippen LogP contribution in [0, 0.1) is 6.92 Å². The van der Waals surface area contributed by atoms with Crippen molar-refractivity contribution < 1.29 is 5.11 Å². The van der Waals surface area contributed by atoms with Gasteiger partial charge in [-0.2, -0.15) is 0 Å². The molecular formula is C15H14N2OS. The highest BCUT2D eigenvalue weighted by molar-refractivity contribution is 7.09. The van der Waals surface area contributed by atoms with Crippen LogP contribution < -0.4 is 0 Å². The Labute approximate surface area is 115 Å². The van der Waals surface area contributed by atoms with Crippen LogP contribution in [0.5, 0.6) is 0 Å². The lowest BCUT2D eigenvalue weighted by Crippen LogP contribution is -2.02. The van der Waals surface area contributed by atoms with Gasteiger partial charge >= 0.3 is 0 Å². The molecule has 0 spiro atoms. The predicted molar refractivity (Wildman–Crippen MR) is 77.3 cm³/mol. The summed E-state index contributed by atoms with van der Waals surface area (Å²) >= 11 is 1.58. The molecule has 1 N–H and O–H groups in total. The van der Waals surface area contributed by atoms with Crippen molar-refractivity contribution in [2.24, 2.45) is 0 Å². The lowest BCUT2D eigenvalue weighted by Gasteiger charge is -2.09. The molecule has 3 aromatic rings. The number of aromatic nitrogens is 2. The number of fused-ring (bicyclic) bond motifs is 1. The maximum atomic E-state index is 10.3. The molecule has 0 aliphatic carbocycles. The Morgan fingerprint density at radius 1 is 1.32 bits per heavy atom. The summed E-state index contributed by atoms with van der Waals surface area (Å²) in [5.74, 6) is 0. The summed E-state index contributed by atoms with van der Waals surface area (Å²) < 4.78 is 0. The fourth-order valence-electron chi connectivity index (χ4n) is 2.05. The molecule has 0 bridgehead atoms. The molecule has 0 aliphatic heterocycles. The molecule has 0 saturated heterocycles. The molecule has 19 heavy (non-hydrogen) atoms. The number of benzene rings is 1. The summed E-state index contributed by atoms with van der Waals surface area (Å²) in [7, 11) is 0. The van der Waals surface area contributed by atoms with Crippen molar-refractivity contribution in [2.75, 3.05) is 0 Å². The van der Waals surface area contributed by atoms with Crippen LogP contribution in [0.3, 0.4) is 0 Å². The van der Waals surface area contributed by atoms with Gasteiger partial charge in [0.2, 0.25) is 0 Å². The number of thiazole rings is 1. The molecule has 1 atom stereocenters. The van der Waals surface area contributed by atoms with Gasteiger partial charge < -0.3 is 5.11 Å². The Morgan fingerprint density at radius 2 is 2.16 bits per heavy atom. The van der Waals surface area contributed by atoms with Crippen molar-refractivity contribution >= 4 is 22.2 Å². The Balaban J connectivity index is 1.86. The van der Waals surface area contributed by atoms with Crippen molar-refractivity contribution in [3.63, 3.8) is 0 Å². The monoisotopic (exact) mass is 270 g/mol. The molecule has 3 rings (SSSR count). The van der Waals surface area contributed by atoms with Gasteiger partial charge in [0, 0.05) is 29.1 Å². The lowest BCUT2D eigenvalue weighted by molar-refractivity contribution is 0.178. The first-order chi connectivity index (χ1) is 9.22. The molecule has 2 heterocycles. The van der Waals surface area contributed by atoms with Gasteiger partial charge in [0.05, 0.1) is 16.6 Å². The van der Waals surface area contributed by atoms with Gasteiger partial charge in [0.1, 0.15) is 0 Å². The van der Waals surface area contributed by atoms with Crippen LogP contribution in [-0.2, 0) is 6.42 Å². The van der Waals surface area contributed by atoms with Crippen LogP contribution in [0.2, 0.25) is 0 Å². The fraction of sp³-hybridized carbons (Fsp3) is 0.200. The lowest BCUT2D eigenvalue weighted by atomic mass is 10.1. The molecule has 0 radical (unpaired) electrons. The Morgan fingerprint density at radius 3 is 2.95 bits per heavy atom. The second-order valence-corrected chi connectivity index (χ2v) is 5.51. The minimum absolute atomic E-state index is 0.540. The first-order valence-electron chi connectivity index (χ1n) is 6.16. The average molecular weight is 270 g/mol. The largest absolute Gasteiger partial charge is 0.388 e. The smallest absolute Gasteiger partial charge is 0.0957 e. The minimum atomic E-state index is -0.553. The summed E-state index contributed by atoms with van der Waals surface area (Å²) in [5, 5.41) is 14.3. The number of pyridine rings is 1. The summed E-state index contributed by atoms with van der Waals surface area (Å²) in [6.07, 6.45) is 1.73. The Bertz CT molecular complexity index is 708. The Hall–Kier alpha value is -1.78. The van der Waals surface area contributed by atoms with E-state index in [1.165, 1.54) is 0 Å². The van der Waals surface area contributed by atoms with E-state index in [1.54, 1.807) is 17.5 Å². The number of aliphatic hydroxyl groups is 1. The van der Waals surface area contributed by atoms with E-state index in [4.69, 9.17) is 0 Å². The molecule has 2 aromatic heterocycles. The van der Waals surface area contributed by atoms with Crippen LogP contribution in [0.25, 0.3) is 10.9 Å². The van der Waals surface area contributed by atoms with Gasteiger partial charge in [0.15, 0.2) is 0 Å². The van der Waals surface area contributed by atoms with E-state index in [-0.39, 0.29) is 0 Å². The standard InChI is InChI=1S/C15H14N2OS/c1-10-9-19-15(17-10)7-14(18)12-6-11-4-2-3-5-13(11)16-8-12/h2-6,8-9,14,18H,7H2,1H3. The zero-order valence-electron chi connectivity index (χ0n) is 10.6. The van der Waals surface area contributed by atoms with E-state index >= 15 is 0 Å². The summed E-state index contributed by atoms with van der Waals surface area (Å²) in [4.78, 5) is 8.75. The van der Waals surface area contributed by atoms with Crippen LogP contribution in [-0.4, -0.2) is 15.1 Å². The van der Waals surface area contributed by atoms with Gasteiger partial charge in [-0.3, -0.25) is 4.98 Å². The van der Waals surface area contributed by atoms with Crippen LogP contribution in [0.1, 0.15) is 22.4 Å². The van der Waals surface area contributed by atoms with Crippen molar-refractivity contribution in [3.05, 3.63) is 58.2 Å². The maximum Gasteiger partial charge on any atom is 0.0957 e. The third-order valence-electron chi connectivity index (χ3n) is 3.03. The zero-order valence-corrected chi connectivity index (χ0v) is 11.4. The number of hydrogen-bond acceptors (Lipinski definition) is 4. The first kappa shape index (κ1) is 12.3. The molecule has 0 aliphatic rings. The van der Waals surface area contributed by atoms with Crippen LogP contribution in [0.4, 0.5) is 0 Å². The highest BCUT2D eigenvalue weighted by atomic mass is 32.1. The van der Waals surface area contributed by atoms with Crippen molar-refractivity contribution in [1.82, 2.24) is 9.97 Å². The van der Waals surface area contributed by atoms with E-state index in [0.29, 0.717) is 6.42 Å². The normalized spacial score (nSPS) is 12.7.